The van der Waals surface area contributed by atoms with Crippen LogP contribution < -0.4 is 39.4 Å². The Bertz CT molecular complexity index is 1430. The second-order valence-electron chi connectivity index (χ2n) is 7.71. The van der Waals surface area contributed by atoms with Gasteiger partial charge in [-0.3, -0.25) is 0 Å². The number of imidazole rings is 1. The van der Waals surface area contributed by atoms with Crippen molar-refractivity contribution in [2.24, 2.45) is 0 Å². The van der Waals surface area contributed by atoms with Gasteiger partial charge in [-0.25, -0.2) is 9.97 Å². The Morgan fingerprint density at radius 2 is 1.76 bits per heavy atom. The zero-order valence-corrected chi connectivity index (χ0v) is 20.6. The first-order chi connectivity index (χ1) is 15.5. The second kappa shape index (κ2) is 9.35. The summed E-state index contributed by atoms with van der Waals surface area (Å²) in [6.07, 6.45) is 3.44. The van der Waals surface area contributed by atoms with Crippen LogP contribution in [0.5, 0.6) is 5.75 Å². The molecule has 7 heteroatoms. The Morgan fingerprint density at radius 1 is 1.00 bits per heavy atom. The second-order valence-corrected chi connectivity index (χ2v) is 7.71. The van der Waals surface area contributed by atoms with Gasteiger partial charge >= 0.3 is 29.6 Å². The van der Waals surface area contributed by atoms with Gasteiger partial charge in [0.25, 0.3) is 0 Å². The summed E-state index contributed by atoms with van der Waals surface area (Å²) in [5.74, 6) is -0.833. The Kier molecular flexibility index (Phi) is 6.51. The van der Waals surface area contributed by atoms with Gasteiger partial charge in [-0.2, -0.15) is 0 Å². The Balaban J connectivity index is 0.00000259. The molecule has 0 N–H and O–H groups in total. The molecule has 0 aliphatic carbocycles. The van der Waals surface area contributed by atoms with E-state index in [1.165, 1.54) is 6.07 Å². The van der Waals surface area contributed by atoms with Crippen LogP contribution in [0.4, 0.5) is 0 Å². The maximum absolute atomic E-state index is 12.2. The smallest absolute Gasteiger partial charge is 0.545 e. The molecule has 0 saturated heterocycles. The number of hydrogen-bond acceptors (Lipinski definition) is 5. The van der Waals surface area contributed by atoms with Crippen LogP contribution in [-0.4, -0.2) is 20.3 Å². The number of aromatic carboxylic acids is 1. The number of carboxylic acids is 1. The number of aromatic nitrogens is 3. The van der Waals surface area contributed by atoms with Crippen LogP contribution in [0.1, 0.15) is 34.5 Å². The van der Waals surface area contributed by atoms with Crippen LogP contribution in [0.15, 0.2) is 79.1 Å². The number of aryl methyl sites for hydroxylation is 1. The fraction of sp³-hybridized carbons (Fsp3) is 0.115. The molecule has 1 unspecified atom stereocenters. The summed E-state index contributed by atoms with van der Waals surface area (Å²) in [4.78, 5) is 21.5. The largest absolute Gasteiger partial charge is 1.00 e. The van der Waals surface area contributed by atoms with Crippen molar-refractivity contribution in [2.45, 2.75) is 20.0 Å². The third-order valence-corrected chi connectivity index (χ3v) is 5.54. The number of carbonyl (C=O) groups excluding carboxylic acids is 1. The normalized spacial score (nSPS) is 11.8. The molecule has 3 aromatic heterocycles. The molecule has 0 saturated carbocycles. The van der Waals surface area contributed by atoms with Gasteiger partial charge in [0, 0.05) is 18.0 Å². The first-order valence-corrected chi connectivity index (χ1v) is 10.3. The SMILES string of the molecule is Cc1ccc(OC(C)c2ccccc2)c2c(C(=O)[O-])cc(-c3cn4ccccc4n3)nc12.[Na+]. The van der Waals surface area contributed by atoms with Crippen molar-refractivity contribution < 1.29 is 44.2 Å². The van der Waals surface area contributed by atoms with Gasteiger partial charge < -0.3 is 19.0 Å². The van der Waals surface area contributed by atoms with Crippen molar-refractivity contribution in [1.82, 2.24) is 14.4 Å². The zero-order valence-electron chi connectivity index (χ0n) is 18.6. The first-order valence-electron chi connectivity index (χ1n) is 10.3. The molecule has 0 aliphatic rings. The molecule has 3 heterocycles. The fourth-order valence-electron chi connectivity index (χ4n) is 3.87. The Hall–Kier alpha value is -3.19. The molecule has 0 amide bonds. The summed E-state index contributed by atoms with van der Waals surface area (Å²) in [5.41, 5.74) is 4.22. The average molecular weight is 445 g/mol. The summed E-state index contributed by atoms with van der Waals surface area (Å²) in [6, 6.07) is 20.6. The quantitative estimate of drug-likeness (QED) is 0.382. The Morgan fingerprint density at radius 3 is 2.48 bits per heavy atom. The molecule has 0 bridgehead atoms. The van der Waals surface area contributed by atoms with Crippen LogP contribution in [0.3, 0.4) is 0 Å². The molecule has 0 radical (unpaired) electrons. The number of rotatable bonds is 5. The predicted octanol–water partition coefficient (Wildman–Crippen LogP) is 1.37. The van der Waals surface area contributed by atoms with Crippen molar-refractivity contribution in [3.8, 4) is 17.1 Å². The van der Waals surface area contributed by atoms with Crippen molar-refractivity contribution in [1.29, 1.82) is 0 Å². The van der Waals surface area contributed by atoms with Crippen LogP contribution >= 0.6 is 0 Å². The van der Waals surface area contributed by atoms with Crippen LogP contribution in [0.2, 0.25) is 0 Å². The molecule has 2 aromatic carbocycles. The minimum Gasteiger partial charge on any atom is -0.545 e. The van der Waals surface area contributed by atoms with Crippen molar-refractivity contribution in [3.63, 3.8) is 0 Å². The number of nitrogens with zero attached hydrogens (tertiary/aromatic N) is 3. The van der Waals surface area contributed by atoms with E-state index in [0.717, 1.165) is 16.8 Å². The summed E-state index contributed by atoms with van der Waals surface area (Å²) < 4.78 is 8.07. The van der Waals surface area contributed by atoms with Crippen molar-refractivity contribution in [3.05, 3.63) is 95.8 Å². The number of carbonyl (C=O) groups is 1. The molecular weight excluding hydrogens is 425 g/mol. The first kappa shape index (κ1) is 23.0. The van der Waals surface area contributed by atoms with Crippen LogP contribution in [0.25, 0.3) is 27.9 Å². The van der Waals surface area contributed by atoms with Gasteiger partial charge in [-0.1, -0.05) is 42.5 Å². The molecule has 6 nitrogen and oxygen atoms in total. The predicted molar refractivity (Wildman–Crippen MR) is 120 cm³/mol. The van der Waals surface area contributed by atoms with E-state index in [0.29, 0.717) is 28.0 Å². The third kappa shape index (κ3) is 4.37. The summed E-state index contributed by atoms with van der Waals surface area (Å²) in [7, 11) is 0. The number of hydrogen-bond donors (Lipinski definition) is 0. The molecule has 0 aliphatic heterocycles. The number of ether oxygens (including phenoxy) is 1. The standard InChI is InChI=1S/C26H21N3O3.Na/c1-16-11-12-22(32-17(2)18-8-4-3-5-9-18)24-19(26(30)31)14-20(28-25(16)24)21-15-29-13-7-6-10-23(29)27-21;/h3-15,17H,1-2H3,(H,30,31);/q;+1/p-1. The molecule has 0 fully saturated rings. The van der Waals surface area contributed by atoms with E-state index >= 15 is 0 Å². The maximum Gasteiger partial charge on any atom is 1.00 e. The van der Waals surface area contributed by atoms with Gasteiger partial charge in [-0.05, 0) is 49.2 Å². The van der Waals surface area contributed by atoms with E-state index in [9.17, 15) is 9.90 Å². The minimum atomic E-state index is -1.29. The Labute approximate surface area is 213 Å². The molecule has 158 valence electrons. The van der Waals surface area contributed by atoms with Crippen molar-refractivity contribution >= 4 is 22.5 Å². The number of fused-ring (bicyclic) bond motifs is 2. The number of benzene rings is 2. The topological polar surface area (TPSA) is 79.5 Å². The van der Waals surface area contributed by atoms with Gasteiger partial charge in [0.15, 0.2) is 0 Å². The molecule has 5 rings (SSSR count). The maximum atomic E-state index is 12.2. The fourth-order valence-corrected chi connectivity index (χ4v) is 3.87. The third-order valence-electron chi connectivity index (χ3n) is 5.54. The number of carboxylic acid groups (broad SMARTS) is 1. The molecule has 5 aromatic rings. The zero-order chi connectivity index (χ0) is 22.2. The van der Waals surface area contributed by atoms with Gasteiger partial charge in [0.2, 0.25) is 0 Å². The van der Waals surface area contributed by atoms with Gasteiger partial charge in [-0.15, -0.1) is 0 Å². The van der Waals surface area contributed by atoms with Crippen LogP contribution in [-0.2, 0) is 0 Å². The van der Waals surface area contributed by atoms with Gasteiger partial charge in [0.1, 0.15) is 23.2 Å². The molecule has 1 atom stereocenters. The van der Waals surface area contributed by atoms with Crippen molar-refractivity contribution in [2.75, 3.05) is 0 Å². The average Bonchev–Trinajstić information content (AvgIpc) is 3.25. The number of pyridine rings is 2. The summed E-state index contributed by atoms with van der Waals surface area (Å²) >= 11 is 0. The van der Waals surface area contributed by atoms with E-state index in [1.807, 2.05) is 85.2 Å². The molecular formula is C26H20N3NaO3. The van der Waals surface area contributed by atoms with Crippen LogP contribution in [0, 0.1) is 6.92 Å². The van der Waals surface area contributed by atoms with E-state index in [1.54, 1.807) is 6.07 Å². The van der Waals surface area contributed by atoms with E-state index in [-0.39, 0.29) is 41.2 Å². The van der Waals surface area contributed by atoms with E-state index in [2.05, 4.69) is 4.98 Å². The molecule has 0 spiro atoms. The monoisotopic (exact) mass is 445 g/mol. The molecule has 33 heavy (non-hydrogen) atoms. The van der Waals surface area contributed by atoms with Gasteiger partial charge in [0.05, 0.1) is 22.6 Å². The summed E-state index contributed by atoms with van der Waals surface area (Å²) in [5, 5.41) is 12.6. The summed E-state index contributed by atoms with van der Waals surface area (Å²) in [6.45, 7) is 3.82. The van der Waals surface area contributed by atoms with E-state index < -0.39 is 5.97 Å². The minimum absolute atomic E-state index is 0. The van der Waals surface area contributed by atoms with E-state index in [4.69, 9.17) is 9.72 Å².